The van der Waals surface area contributed by atoms with Crippen LogP contribution in [0, 0.1) is 11.8 Å². The van der Waals surface area contributed by atoms with Crippen LogP contribution in [-0.2, 0) is 16.1 Å². The van der Waals surface area contributed by atoms with E-state index in [1.54, 1.807) is 6.26 Å². The Morgan fingerprint density at radius 3 is 2.33 bits per heavy atom. The van der Waals surface area contributed by atoms with Crippen LogP contribution in [0.25, 0.3) is 0 Å². The summed E-state index contributed by atoms with van der Waals surface area (Å²) in [5, 5.41) is 2.99. The molecule has 148 valence electrons. The second-order valence-corrected chi connectivity index (χ2v) is 8.29. The van der Waals surface area contributed by atoms with Gasteiger partial charge in [-0.15, -0.1) is 0 Å². The molecule has 2 saturated heterocycles. The number of carbonyl (C=O) groups excluding carboxylic acids is 2. The van der Waals surface area contributed by atoms with Gasteiger partial charge in [0.15, 0.2) is 0 Å². The van der Waals surface area contributed by atoms with Gasteiger partial charge in [-0.05, 0) is 63.7 Å². The molecule has 0 radical (unpaired) electrons. The molecule has 1 saturated carbocycles. The van der Waals surface area contributed by atoms with E-state index in [9.17, 15) is 9.59 Å². The lowest BCUT2D eigenvalue weighted by molar-refractivity contribution is -0.140. The minimum absolute atomic E-state index is 0.108. The van der Waals surface area contributed by atoms with Gasteiger partial charge >= 0.3 is 0 Å². The summed E-state index contributed by atoms with van der Waals surface area (Å²) in [6.45, 7) is 4.26. The quantitative estimate of drug-likeness (QED) is 0.861. The monoisotopic (exact) mass is 373 g/mol. The van der Waals surface area contributed by atoms with Crippen LogP contribution >= 0.6 is 0 Å². The van der Waals surface area contributed by atoms with Crippen LogP contribution in [0.2, 0.25) is 0 Å². The minimum Gasteiger partial charge on any atom is -0.467 e. The Balaban J connectivity index is 1.17. The van der Waals surface area contributed by atoms with Crippen LogP contribution in [0.3, 0.4) is 0 Å². The molecule has 0 spiro atoms. The zero-order valence-electron chi connectivity index (χ0n) is 16.1. The number of amides is 2. The molecular formula is C21H31N3O3. The van der Waals surface area contributed by atoms with Crippen molar-refractivity contribution in [3.05, 3.63) is 24.2 Å². The summed E-state index contributed by atoms with van der Waals surface area (Å²) in [7, 11) is 0. The van der Waals surface area contributed by atoms with Crippen LogP contribution < -0.4 is 5.32 Å². The second-order valence-electron chi connectivity index (χ2n) is 8.29. The number of hydrogen-bond donors (Lipinski definition) is 1. The molecule has 0 bridgehead atoms. The Morgan fingerprint density at radius 1 is 1.00 bits per heavy atom. The number of likely N-dealkylation sites (tertiary alicyclic amines) is 2. The maximum absolute atomic E-state index is 12.4. The molecule has 1 N–H and O–H groups in total. The average Bonchev–Trinajstić information content (AvgIpc) is 3.18. The van der Waals surface area contributed by atoms with Gasteiger partial charge in [-0.25, -0.2) is 0 Å². The molecule has 3 heterocycles. The summed E-state index contributed by atoms with van der Waals surface area (Å²) in [6.07, 6.45) is 9.03. The zero-order chi connectivity index (χ0) is 18.6. The Kier molecular flexibility index (Phi) is 5.81. The lowest BCUT2D eigenvalue weighted by Crippen LogP contribution is -2.51. The van der Waals surface area contributed by atoms with Gasteiger partial charge in [0.05, 0.1) is 12.8 Å². The van der Waals surface area contributed by atoms with E-state index in [0.717, 1.165) is 70.5 Å². The fourth-order valence-corrected chi connectivity index (χ4v) is 4.62. The number of nitrogens with zero attached hydrogens (tertiary/aromatic N) is 2. The van der Waals surface area contributed by atoms with Gasteiger partial charge in [0.2, 0.25) is 11.8 Å². The molecule has 0 unspecified atom stereocenters. The number of rotatable bonds is 5. The molecule has 6 nitrogen and oxygen atoms in total. The molecule has 3 fully saturated rings. The van der Waals surface area contributed by atoms with E-state index in [4.69, 9.17) is 4.42 Å². The van der Waals surface area contributed by atoms with Crippen molar-refractivity contribution in [2.75, 3.05) is 26.2 Å². The maximum atomic E-state index is 12.4. The number of carbonyl (C=O) groups is 2. The standard InChI is InChI=1S/C21H31N3O3/c25-20(22-15-19-5-2-14-27-19)16-6-10-23(11-7-16)18-8-12-24(13-9-18)21(26)17-3-1-4-17/h2,5,14,16-18H,1,3-4,6-13,15H2,(H,22,25). The first-order valence-electron chi connectivity index (χ1n) is 10.5. The molecule has 1 aliphatic carbocycles. The second kappa shape index (κ2) is 8.46. The summed E-state index contributed by atoms with van der Waals surface area (Å²) >= 11 is 0. The van der Waals surface area contributed by atoms with Gasteiger partial charge in [0, 0.05) is 31.0 Å². The summed E-state index contributed by atoms with van der Waals surface area (Å²) in [6, 6.07) is 4.29. The third-order valence-electron chi connectivity index (χ3n) is 6.66. The largest absolute Gasteiger partial charge is 0.467 e. The Labute approximate surface area is 161 Å². The Bertz CT molecular complexity index is 625. The number of piperidine rings is 2. The van der Waals surface area contributed by atoms with E-state index < -0.39 is 0 Å². The predicted octanol–water partition coefficient (Wildman–Crippen LogP) is 2.40. The van der Waals surface area contributed by atoms with Gasteiger partial charge in [-0.1, -0.05) is 6.42 Å². The van der Waals surface area contributed by atoms with Crippen molar-refractivity contribution < 1.29 is 14.0 Å². The van der Waals surface area contributed by atoms with E-state index in [2.05, 4.69) is 15.1 Å². The molecule has 27 heavy (non-hydrogen) atoms. The number of nitrogens with one attached hydrogen (secondary N) is 1. The highest BCUT2D eigenvalue weighted by Gasteiger charge is 2.34. The van der Waals surface area contributed by atoms with Crippen molar-refractivity contribution in [3.63, 3.8) is 0 Å². The van der Waals surface area contributed by atoms with Gasteiger partial charge in [-0.2, -0.15) is 0 Å². The van der Waals surface area contributed by atoms with Gasteiger partial charge in [0.1, 0.15) is 5.76 Å². The van der Waals surface area contributed by atoms with Crippen molar-refractivity contribution in [3.8, 4) is 0 Å². The summed E-state index contributed by atoms with van der Waals surface area (Å²) in [5.74, 6) is 1.76. The third-order valence-corrected chi connectivity index (χ3v) is 6.66. The van der Waals surface area contributed by atoms with Crippen LogP contribution in [0.1, 0.15) is 50.7 Å². The van der Waals surface area contributed by atoms with Crippen LogP contribution in [0.5, 0.6) is 0 Å². The highest BCUT2D eigenvalue weighted by Crippen LogP contribution is 2.30. The van der Waals surface area contributed by atoms with Crippen LogP contribution in [0.4, 0.5) is 0 Å². The highest BCUT2D eigenvalue weighted by molar-refractivity contribution is 5.79. The molecule has 0 atom stereocenters. The summed E-state index contributed by atoms with van der Waals surface area (Å²) < 4.78 is 5.27. The summed E-state index contributed by atoms with van der Waals surface area (Å²) in [5.41, 5.74) is 0. The van der Waals surface area contributed by atoms with Crippen molar-refractivity contribution in [1.82, 2.24) is 15.1 Å². The van der Waals surface area contributed by atoms with Crippen molar-refractivity contribution in [1.29, 1.82) is 0 Å². The number of furan rings is 1. The van der Waals surface area contributed by atoms with E-state index in [1.807, 2.05) is 12.1 Å². The molecule has 4 rings (SSSR count). The highest BCUT2D eigenvalue weighted by atomic mass is 16.3. The van der Waals surface area contributed by atoms with Gasteiger partial charge in [0.25, 0.3) is 0 Å². The van der Waals surface area contributed by atoms with Gasteiger partial charge < -0.3 is 19.5 Å². The first-order chi connectivity index (χ1) is 13.2. The molecule has 1 aromatic rings. The first kappa shape index (κ1) is 18.5. The summed E-state index contributed by atoms with van der Waals surface area (Å²) in [4.78, 5) is 29.4. The van der Waals surface area contributed by atoms with Crippen LogP contribution in [0.15, 0.2) is 22.8 Å². The number of hydrogen-bond acceptors (Lipinski definition) is 4. The van der Waals surface area contributed by atoms with Crippen molar-refractivity contribution in [2.24, 2.45) is 11.8 Å². The SMILES string of the molecule is O=C(NCc1ccco1)C1CCN(C2CCN(C(=O)C3CCC3)CC2)CC1. The molecule has 2 aliphatic heterocycles. The zero-order valence-corrected chi connectivity index (χ0v) is 16.1. The first-order valence-corrected chi connectivity index (χ1v) is 10.5. The lowest BCUT2D eigenvalue weighted by atomic mass is 9.84. The molecule has 6 heteroatoms. The van der Waals surface area contributed by atoms with Crippen molar-refractivity contribution in [2.45, 2.75) is 57.5 Å². The molecule has 1 aromatic heterocycles. The van der Waals surface area contributed by atoms with E-state index >= 15 is 0 Å². The fourth-order valence-electron chi connectivity index (χ4n) is 4.62. The lowest BCUT2D eigenvalue weighted by Gasteiger charge is -2.42. The fraction of sp³-hybridized carbons (Fsp3) is 0.714. The van der Waals surface area contributed by atoms with Crippen LogP contribution in [-0.4, -0.2) is 53.8 Å². The van der Waals surface area contributed by atoms with Crippen molar-refractivity contribution >= 4 is 11.8 Å². The molecule has 3 aliphatic rings. The minimum atomic E-state index is 0.108. The average molecular weight is 373 g/mol. The van der Waals surface area contributed by atoms with E-state index in [0.29, 0.717) is 24.4 Å². The van der Waals surface area contributed by atoms with E-state index in [-0.39, 0.29) is 11.8 Å². The Morgan fingerprint density at radius 2 is 1.74 bits per heavy atom. The topological polar surface area (TPSA) is 65.8 Å². The van der Waals surface area contributed by atoms with Gasteiger partial charge in [-0.3, -0.25) is 9.59 Å². The smallest absolute Gasteiger partial charge is 0.225 e. The molecular weight excluding hydrogens is 342 g/mol. The molecule has 2 amide bonds. The predicted molar refractivity (Wildman–Crippen MR) is 102 cm³/mol. The molecule has 0 aromatic carbocycles. The normalized spacial score (nSPS) is 23.2. The Hall–Kier alpha value is -1.82. The van der Waals surface area contributed by atoms with E-state index in [1.165, 1.54) is 6.42 Å². The maximum Gasteiger partial charge on any atom is 0.225 e. The third kappa shape index (κ3) is 4.37.